The largest absolute Gasteiger partial charge is 0.391 e. The maximum atomic E-state index is 12.1. The smallest absolute Gasteiger partial charge is 0.230 e. The lowest BCUT2D eigenvalue weighted by Gasteiger charge is -2.47. The molecule has 0 aromatic heterocycles. The van der Waals surface area contributed by atoms with E-state index in [1.165, 1.54) is 4.90 Å². The first-order valence-electron chi connectivity index (χ1n) is 6.32. The number of imide groups is 1. The Morgan fingerprint density at radius 1 is 1.22 bits per heavy atom. The van der Waals surface area contributed by atoms with Gasteiger partial charge >= 0.3 is 0 Å². The summed E-state index contributed by atoms with van der Waals surface area (Å²) in [4.78, 5) is 27.9. The van der Waals surface area contributed by atoms with Gasteiger partial charge < -0.3 is 10.6 Å². The van der Waals surface area contributed by atoms with Crippen molar-refractivity contribution in [3.8, 4) is 0 Å². The van der Waals surface area contributed by atoms with E-state index in [2.05, 4.69) is 4.90 Å². The molecule has 2 heterocycles. The third-order valence-corrected chi connectivity index (χ3v) is 4.36. The highest BCUT2D eigenvalue weighted by molar-refractivity contribution is 7.80. The van der Waals surface area contributed by atoms with Gasteiger partial charge in [-0.15, -0.1) is 0 Å². The third kappa shape index (κ3) is 2.14. The SMILES string of the molecule is CN1CCC(C(N)=S)(N2C(=O)CCCC2=O)CC1. The van der Waals surface area contributed by atoms with E-state index >= 15 is 0 Å². The molecule has 0 atom stereocenters. The minimum Gasteiger partial charge on any atom is -0.391 e. The predicted octanol–water partition coefficient (Wildman–Crippen LogP) is 0.276. The van der Waals surface area contributed by atoms with Crippen LogP contribution in [0.4, 0.5) is 0 Å². The van der Waals surface area contributed by atoms with Gasteiger partial charge in [-0.3, -0.25) is 14.5 Å². The summed E-state index contributed by atoms with van der Waals surface area (Å²) in [6.45, 7) is 1.60. The van der Waals surface area contributed by atoms with Crippen LogP contribution in [-0.2, 0) is 9.59 Å². The van der Waals surface area contributed by atoms with Crippen LogP contribution in [0.3, 0.4) is 0 Å². The van der Waals surface area contributed by atoms with Crippen molar-refractivity contribution in [3.05, 3.63) is 0 Å². The Morgan fingerprint density at radius 3 is 2.17 bits per heavy atom. The summed E-state index contributed by atoms with van der Waals surface area (Å²) in [5, 5.41) is 0. The van der Waals surface area contributed by atoms with Crippen molar-refractivity contribution < 1.29 is 9.59 Å². The zero-order chi connectivity index (χ0) is 13.3. The van der Waals surface area contributed by atoms with Crippen LogP contribution in [0, 0.1) is 0 Å². The average molecular weight is 269 g/mol. The molecule has 0 radical (unpaired) electrons. The van der Waals surface area contributed by atoms with Crippen molar-refractivity contribution in [2.24, 2.45) is 5.73 Å². The van der Waals surface area contributed by atoms with E-state index < -0.39 is 5.54 Å². The Balaban J connectivity index is 2.32. The fourth-order valence-corrected chi connectivity index (χ4v) is 3.09. The number of hydrogen-bond donors (Lipinski definition) is 1. The summed E-state index contributed by atoms with van der Waals surface area (Å²) < 4.78 is 0. The van der Waals surface area contributed by atoms with Crippen molar-refractivity contribution in [2.45, 2.75) is 37.6 Å². The van der Waals surface area contributed by atoms with Crippen LogP contribution in [-0.4, -0.2) is 52.3 Å². The Morgan fingerprint density at radius 2 is 1.72 bits per heavy atom. The second kappa shape index (κ2) is 4.93. The lowest BCUT2D eigenvalue weighted by atomic mass is 9.83. The molecule has 0 aliphatic carbocycles. The number of nitrogens with two attached hydrogens (primary N) is 1. The van der Waals surface area contributed by atoms with Crippen LogP contribution in [0.5, 0.6) is 0 Å². The van der Waals surface area contributed by atoms with Crippen LogP contribution in [0.25, 0.3) is 0 Å². The van der Waals surface area contributed by atoms with Gasteiger partial charge in [-0.25, -0.2) is 0 Å². The first kappa shape index (κ1) is 13.4. The lowest BCUT2D eigenvalue weighted by Crippen LogP contribution is -2.65. The number of thiocarbonyl (C=S) groups is 1. The number of nitrogens with zero attached hydrogens (tertiary/aromatic N) is 2. The first-order chi connectivity index (χ1) is 8.47. The normalized spacial score (nSPS) is 25.3. The zero-order valence-corrected chi connectivity index (χ0v) is 11.5. The number of rotatable bonds is 2. The van der Waals surface area contributed by atoms with E-state index in [0.29, 0.717) is 32.1 Å². The summed E-state index contributed by atoms with van der Waals surface area (Å²) in [6, 6.07) is 0. The summed E-state index contributed by atoms with van der Waals surface area (Å²) >= 11 is 5.17. The number of piperidine rings is 2. The molecular formula is C12H19N3O2S. The van der Waals surface area contributed by atoms with Crippen molar-refractivity contribution >= 4 is 29.0 Å². The second-order valence-corrected chi connectivity index (χ2v) is 5.62. The number of hydrogen-bond acceptors (Lipinski definition) is 4. The Labute approximate surface area is 112 Å². The fraction of sp³-hybridized carbons (Fsp3) is 0.750. The maximum Gasteiger partial charge on any atom is 0.230 e. The molecule has 2 aliphatic heterocycles. The molecule has 0 unspecified atom stereocenters. The molecule has 5 nitrogen and oxygen atoms in total. The van der Waals surface area contributed by atoms with Crippen molar-refractivity contribution in [1.82, 2.24) is 9.80 Å². The first-order valence-corrected chi connectivity index (χ1v) is 6.72. The van der Waals surface area contributed by atoms with Crippen molar-refractivity contribution in [1.29, 1.82) is 0 Å². The van der Waals surface area contributed by atoms with Gasteiger partial charge in [0.25, 0.3) is 0 Å². The van der Waals surface area contributed by atoms with E-state index in [4.69, 9.17) is 18.0 Å². The Hall–Kier alpha value is -1.01. The third-order valence-electron chi connectivity index (χ3n) is 3.98. The van der Waals surface area contributed by atoms with E-state index in [1.54, 1.807) is 0 Å². The quantitative estimate of drug-likeness (QED) is 0.576. The number of carbonyl (C=O) groups excluding carboxylic acids is 2. The van der Waals surface area contributed by atoms with Crippen LogP contribution in [0.15, 0.2) is 0 Å². The Bertz CT molecular complexity index is 373. The number of amides is 2. The van der Waals surface area contributed by atoms with Gasteiger partial charge in [0, 0.05) is 25.9 Å². The van der Waals surface area contributed by atoms with Crippen LogP contribution < -0.4 is 5.73 Å². The molecular weight excluding hydrogens is 250 g/mol. The molecule has 0 spiro atoms. The highest BCUT2D eigenvalue weighted by atomic mass is 32.1. The monoisotopic (exact) mass is 269 g/mol. The van der Waals surface area contributed by atoms with Gasteiger partial charge in [0.1, 0.15) is 5.54 Å². The van der Waals surface area contributed by atoms with Gasteiger partial charge in [0.15, 0.2) is 0 Å². The summed E-state index contributed by atoms with van der Waals surface area (Å²) in [5.74, 6) is -0.243. The van der Waals surface area contributed by atoms with E-state index in [9.17, 15) is 9.59 Å². The summed E-state index contributed by atoms with van der Waals surface area (Å²) in [5.41, 5.74) is 5.14. The highest BCUT2D eigenvalue weighted by Gasteiger charge is 2.48. The van der Waals surface area contributed by atoms with Gasteiger partial charge in [0.05, 0.1) is 4.99 Å². The highest BCUT2D eigenvalue weighted by Crippen LogP contribution is 2.32. The van der Waals surface area contributed by atoms with Crippen LogP contribution in [0.1, 0.15) is 32.1 Å². The second-order valence-electron chi connectivity index (χ2n) is 5.18. The molecule has 2 aliphatic rings. The van der Waals surface area contributed by atoms with Gasteiger partial charge in [-0.1, -0.05) is 12.2 Å². The average Bonchev–Trinajstić information content (AvgIpc) is 2.31. The minimum absolute atomic E-state index is 0.122. The standard InChI is InChI=1S/C12H19N3O2S/c1-14-7-5-12(6-8-14,11(13)18)15-9(16)3-2-4-10(15)17/h2-8H2,1H3,(H2,13,18). The van der Waals surface area contributed by atoms with Crippen molar-refractivity contribution in [2.75, 3.05) is 20.1 Å². The van der Waals surface area contributed by atoms with Gasteiger partial charge in [0.2, 0.25) is 11.8 Å². The molecule has 0 aromatic rings. The van der Waals surface area contributed by atoms with E-state index in [1.807, 2.05) is 7.05 Å². The molecule has 0 bridgehead atoms. The number of likely N-dealkylation sites (tertiary alicyclic amines) is 2. The minimum atomic E-state index is -0.726. The summed E-state index contributed by atoms with van der Waals surface area (Å²) in [6.07, 6.45) is 2.78. The molecule has 2 N–H and O–H groups in total. The lowest BCUT2D eigenvalue weighted by molar-refractivity contribution is -0.154. The molecule has 2 saturated heterocycles. The van der Waals surface area contributed by atoms with Crippen LogP contribution >= 0.6 is 12.2 Å². The predicted molar refractivity (Wildman–Crippen MR) is 72.0 cm³/mol. The van der Waals surface area contributed by atoms with Crippen molar-refractivity contribution in [3.63, 3.8) is 0 Å². The molecule has 2 amide bonds. The summed E-state index contributed by atoms with van der Waals surface area (Å²) in [7, 11) is 2.02. The maximum absolute atomic E-state index is 12.1. The molecule has 100 valence electrons. The zero-order valence-electron chi connectivity index (χ0n) is 10.6. The molecule has 2 fully saturated rings. The van der Waals surface area contributed by atoms with E-state index in [-0.39, 0.29) is 16.8 Å². The fourth-order valence-electron chi connectivity index (χ4n) is 2.80. The van der Waals surface area contributed by atoms with Gasteiger partial charge in [-0.05, 0) is 26.3 Å². The molecule has 2 rings (SSSR count). The molecule has 0 aromatic carbocycles. The Kier molecular flexibility index (Phi) is 3.68. The molecule has 18 heavy (non-hydrogen) atoms. The molecule has 6 heteroatoms. The van der Waals surface area contributed by atoms with Gasteiger partial charge in [-0.2, -0.15) is 0 Å². The topological polar surface area (TPSA) is 66.6 Å². The van der Waals surface area contributed by atoms with E-state index in [0.717, 1.165) is 13.1 Å². The molecule has 0 saturated carbocycles. The van der Waals surface area contributed by atoms with Crippen LogP contribution in [0.2, 0.25) is 0 Å². The number of carbonyl (C=O) groups is 2.